The number of halogens is 1. The number of rotatable bonds is 10. The molecule has 2 atom stereocenters. The van der Waals surface area contributed by atoms with Crippen molar-refractivity contribution in [2.75, 3.05) is 33.8 Å². The third-order valence-electron chi connectivity index (χ3n) is 5.36. The highest BCUT2D eigenvalue weighted by atomic mass is 127. The van der Waals surface area contributed by atoms with Crippen LogP contribution in [0, 0.1) is 0 Å². The lowest BCUT2D eigenvalue weighted by Crippen LogP contribution is -2.42. The van der Waals surface area contributed by atoms with Crippen molar-refractivity contribution in [1.82, 2.24) is 15.5 Å². The lowest BCUT2D eigenvalue weighted by Gasteiger charge is -2.21. The molecule has 0 saturated carbocycles. The highest BCUT2D eigenvalue weighted by Crippen LogP contribution is 2.34. The lowest BCUT2D eigenvalue weighted by atomic mass is 10.1. The first-order chi connectivity index (χ1) is 13.5. The van der Waals surface area contributed by atoms with Gasteiger partial charge in [0.05, 0.1) is 7.11 Å². The zero-order valence-corrected chi connectivity index (χ0v) is 21.2. The van der Waals surface area contributed by atoms with Gasteiger partial charge in [-0.2, -0.15) is 0 Å². The molecule has 1 aromatic rings. The van der Waals surface area contributed by atoms with Crippen LogP contribution in [0.25, 0.3) is 0 Å². The van der Waals surface area contributed by atoms with Gasteiger partial charge in [-0.1, -0.05) is 13.8 Å². The van der Waals surface area contributed by atoms with Gasteiger partial charge in [0, 0.05) is 37.2 Å². The largest absolute Gasteiger partial charge is 0.496 e. The van der Waals surface area contributed by atoms with E-state index in [1.54, 1.807) is 7.11 Å². The number of aliphatic imine (C=N–C) groups is 1. The molecule has 1 aliphatic rings. The molecule has 29 heavy (non-hydrogen) atoms. The highest BCUT2D eigenvalue weighted by Gasteiger charge is 2.21. The Morgan fingerprint density at radius 2 is 2.07 bits per heavy atom. The zero-order chi connectivity index (χ0) is 20.5. The average molecular weight is 518 g/mol. The molecule has 166 valence electrons. The Labute approximate surface area is 193 Å². The number of nitrogens with one attached hydrogen (secondary N) is 2. The molecule has 0 bridgehead atoms. The maximum Gasteiger partial charge on any atom is 0.191 e. The zero-order valence-electron chi connectivity index (χ0n) is 18.9. The van der Waals surface area contributed by atoms with Gasteiger partial charge >= 0.3 is 0 Å². The van der Waals surface area contributed by atoms with E-state index in [0.29, 0.717) is 12.6 Å². The molecule has 0 saturated heterocycles. The van der Waals surface area contributed by atoms with Crippen LogP contribution in [-0.2, 0) is 13.0 Å². The van der Waals surface area contributed by atoms with E-state index in [1.165, 1.54) is 12.0 Å². The van der Waals surface area contributed by atoms with Crippen LogP contribution in [0.4, 0.5) is 0 Å². The predicted octanol–water partition coefficient (Wildman–Crippen LogP) is 3.81. The minimum absolute atomic E-state index is 0. The fourth-order valence-corrected chi connectivity index (χ4v) is 3.65. The van der Waals surface area contributed by atoms with Crippen LogP contribution in [-0.4, -0.2) is 56.8 Å². The first-order valence-electron chi connectivity index (χ1n) is 10.6. The van der Waals surface area contributed by atoms with Crippen LogP contribution in [0.5, 0.6) is 11.5 Å². The predicted molar refractivity (Wildman–Crippen MR) is 132 cm³/mol. The average Bonchev–Trinajstić information content (AvgIpc) is 3.06. The maximum absolute atomic E-state index is 5.89. The second kappa shape index (κ2) is 13.2. The van der Waals surface area contributed by atoms with Crippen LogP contribution in [0.1, 0.15) is 51.7 Å². The number of methoxy groups -OCH3 is 1. The summed E-state index contributed by atoms with van der Waals surface area (Å²) in [6.07, 6.45) is 3.47. The van der Waals surface area contributed by atoms with Crippen molar-refractivity contribution in [3.63, 3.8) is 0 Å². The molecule has 1 heterocycles. The van der Waals surface area contributed by atoms with Crippen LogP contribution in [0.15, 0.2) is 17.1 Å². The molecule has 0 amide bonds. The maximum atomic E-state index is 5.89. The summed E-state index contributed by atoms with van der Waals surface area (Å²) in [7, 11) is 3.53. The van der Waals surface area contributed by atoms with Crippen molar-refractivity contribution >= 4 is 29.9 Å². The van der Waals surface area contributed by atoms with Gasteiger partial charge in [0.2, 0.25) is 0 Å². The first kappa shape index (κ1) is 25.8. The summed E-state index contributed by atoms with van der Waals surface area (Å²) in [4.78, 5) is 6.83. The normalized spacial score (nSPS) is 16.7. The van der Waals surface area contributed by atoms with Gasteiger partial charge in [-0.25, -0.2) is 0 Å². The van der Waals surface area contributed by atoms with Crippen molar-refractivity contribution in [3.8, 4) is 11.5 Å². The smallest absolute Gasteiger partial charge is 0.191 e. The minimum Gasteiger partial charge on any atom is -0.496 e. The monoisotopic (exact) mass is 518 g/mol. The molecule has 6 nitrogen and oxygen atoms in total. The standard InChI is InChI=1S/C22H38N4O2.HI/c1-7-26(8-2)11-9-10-16(3)25-22(23-5)24-15-19-14-21-18(12-17(4)28-21)13-20(19)27-6;/h13-14,16-17H,7-12,15H2,1-6H3,(H2,23,24,25);1H. The number of ether oxygens (including phenoxy) is 2. The molecule has 2 N–H and O–H groups in total. The van der Waals surface area contributed by atoms with Crippen molar-refractivity contribution in [3.05, 3.63) is 23.3 Å². The quantitative estimate of drug-likeness (QED) is 0.280. The molecule has 0 aromatic heterocycles. The van der Waals surface area contributed by atoms with Gasteiger partial charge in [-0.3, -0.25) is 4.99 Å². The number of hydrogen-bond acceptors (Lipinski definition) is 4. The Hall–Kier alpha value is -1.22. The fourth-order valence-electron chi connectivity index (χ4n) is 3.65. The van der Waals surface area contributed by atoms with Crippen LogP contribution >= 0.6 is 24.0 Å². The molecular weight excluding hydrogens is 479 g/mol. The summed E-state index contributed by atoms with van der Waals surface area (Å²) in [6.45, 7) is 12.8. The van der Waals surface area contributed by atoms with E-state index in [-0.39, 0.29) is 30.1 Å². The second-order valence-electron chi connectivity index (χ2n) is 7.54. The number of hydrogen-bond donors (Lipinski definition) is 2. The van der Waals surface area contributed by atoms with Crippen LogP contribution < -0.4 is 20.1 Å². The van der Waals surface area contributed by atoms with Crippen LogP contribution in [0.2, 0.25) is 0 Å². The summed E-state index contributed by atoms with van der Waals surface area (Å²) in [5.74, 6) is 2.68. The van der Waals surface area contributed by atoms with E-state index in [4.69, 9.17) is 9.47 Å². The van der Waals surface area contributed by atoms with E-state index in [2.05, 4.69) is 60.4 Å². The third kappa shape index (κ3) is 7.85. The van der Waals surface area contributed by atoms with Gasteiger partial charge in [-0.15, -0.1) is 24.0 Å². The van der Waals surface area contributed by atoms with Crippen molar-refractivity contribution in [2.45, 2.75) is 65.6 Å². The van der Waals surface area contributed by atoms with Gasteiger partial charge in [0.15, 0.2) is 5.96 Å². The molecule has 0 spiro atoms. The second-order valence-corrected chi connectivity index (χ2v) is 7.54. The molecule has 2 unspecified atom stereocenters. The molecule has 7 heteroatoms. The molecule has 0 aliphatic carbocycles. The Balaban J connectivity index is 0.00000420. The van der Waals surface area contributed by atoms with Gasteiger partial charge in [-0.05, 0) is 58.5 Å². The Morgan fingerprint density at radius 3 is 2.69 bits per heavy atom. The fraction of sp³-hybridized carbons (Fsp3) is 0.682. The van der Waals surface area contributed by atoms with Crippen molar-refractivity contribution in [2.24, 2.45) is 4.99 Å². The molecule has 0 radical (unpaired) electrons. The summed E-state index contributed by atoms with van der Waals surface area (Å²) in [5, 5.41) is 6.90. The number of nitrogens with zero attached hydrogens (tertiary/aromatic N) is 2. The molecule has 1 aromatic carbocycles. The molecule has 1 aliphatic heterocycles. The third-order valence-corrected chi connectivity index (χ3v) is 5.36. The number of guanidine groups is 1. The molecular formula is C22H39IN4O2. The summed E-state index contributed by atoms with van der Waals surface area (Å²) in [6, 6.07) is 4.56. The Bertz CT molecular complexity index is 650. The van der Waals surface area contributed by atoms with Gasteiger partial charge in [0.1, 0.15) is 17.6 Å². The van der Waals surface area contributed by atoms with E-state index >= 15 is 0 Å². The van der Waals surface area contributed by atoms with Gasteiger partial charge < -0.3 is 25.0 Å². The Kier molecular flexibility index (Phi) is 11.7. The van der Waals surface area contributed by atoms with Crippen molar-refractivity contribution in [1.29, 1.82) is 0 Å². The summed E-state index contributed by atoms with van der Waals surface area (Å²) in [5.41, 5.74) is 2.30. The molecule has 2 rings (SSSR count). The minimum atomic E-state index is 0. The Morgan fingerprint density at radius 1 is 1.34 bits per heavy atom. The van der Waals surface area contributed by atoms with E-state index in [1.807, 2.05) is 7.05 Å². The lowest BCUT2D eigenvalue weighted by molar-refractivity contribution is 0.254. The van der Waals surface area contributed by atoms with Crippen LogP contribution in [0.3, 0.4) is 0 Å². The van der Waals surface area contributed by atoms with Crippen molar-refractivity contribution < 1.29 is 9.47 Å². The summed E-state index contributed by atoms with van der Waals surface area (Å²) < 4.78 is 11.5. The number of fused-ring (bicyclic) bond motifs is 1. The summed E-state index contributed by atoms with van der Waals surface area (Å²) >= 11 is 0. The van der Waals surface area contributed by atoms with Gasteiger partial charge in [0.25, 0.3) is 0 Å². The highest BCUT2D eigenvalue weighted by molar-refractivity contribution is 14.0. The topological polar surface area (TPSA) is 58.1 Å². The molecule has 0 fully saturated rings. The van der Waals surface area contributed by atoms with E-state index < -0.39 is 0 Å². The first-order valence-corrected chi connectivity index (χ1v) is 10.6. The van der Waals surface area contributed by atoms with E-state index in [9.17, 15) is 0 Å². The SMILES string of the molecule is CCN(CC)CCCC(C)NC(=NC)NCc1cc2c(cc1OC)CC(C)O2.I. The number of benzene rings is 1. The van der Waals surface area contributed by atoms with E-state index in [0.717, 1.165) is 55.5 Å².